The first-order chi connectivity index (χ1) is 10.2. The summed E-state index contributed by atoms with van der Waals surface area (Å²) in [7, 11) is 0. The third-order valence-electron chi connectivity index (χ3n) is 3.44. The number of aryl methyl sites for hydroxylation is 1. The first-order valence-electron chi connectivity index (χ1n) is 6.28. The van der Waals surface area contributed by atoms with E-state index in [0.29, 0.717) is 0 Å². The topological polar surface area (TPSA) is 63.4 Å². The molecule has 1 unspecified atom stereocenters. The van der Waals surface area contributed by atoms with Crippen molar-refractivity contribution in [3.8, 4) is 0 Å². The molecule has 0 radical (unpaired) electrons. The maximum atomic E-state index is 13.6. The van der Waals surface area contributed by atoms with E-state index in [9.17, 15) is 28.4 Å². The van der Waals surface area contributed by atoms with E-state index >= 15 is 0 Å². The van der Waals surface area contributed by atoms with Crippen molar-refractivity contribution in [2.24, 2.45) is 0 Å². The van der Waals surface area contributed by atoms with E-state index in [0.717, 1.165) is 18.2 Å². The number of rotatable bonds is 3. The van der Waals surface area contributed by atoms with Crippen molar-refractivity contribution in [3.63, 3.8) is 0 Å². The molecule has 7 heteroatoms. The number of halogens is 3. The lowest BCUT2D eigenvalue weighted by Crippen LogP contribution is -2.44. The summed E-state index contributed by atoms with van der Waals surface area (Å²) in [4.78, 5) is 10.1. The number of para-hydroxylation sites is 1. The second-order valence-corrected chi connectivity index (χ2v) is 4.80. The summed E-state index contributed by atoms with van der Waals surface area (Å²) in [5, 5.41) is 21.5. The van der Waals surface area contributed by atoms with Crippen LogP contribution in [0.1, 0.15) is 16.7 Å². The van der Waals surface area contributed by atoms with Gasteiger partial charge in [0.1, 0.15) is 0 Å². The van der Waals surface area contributed by atoms with Crippen molar-refractivity contribution in [2.45, 2.75) is 18.7 Å². The molecule has 0 amide bonds. The molecule has 0 heterocycles. The lowest BCUT2D eigenvalue weighted by atomic mass is 9.82. The van der Waals surface area contributed by atoms with Crippen LogP contribution in [0.25, 0.3) is 0 Å². The highest BCUT2D eigenvalue weighted by molar-refractivity contribution is 5.51. The largest absolute Gasteiger partial charge is 0.426 e. The Morgan fingerprint density at radius 2 is 1.50 bits per heavy atom. The monoisotopic (exact) mass is 311 g/mol. The molecule has 116 valence electrons. The normalized spacial score (nSPS) is 14.4. The molecular formula is C15H12F3NO3. The molecule has 1 N–H and O–H groups in total. The molecule has 0 saturated carbocycles. The van der Waals surface area contributed by atoms with Crippen LogP contribution in [0.3, 0.4) is 0 Å². The summed E-state index contributed by atoms with van der Waals surface area (Å²) in [6.45, 7) is 1.40. The average Bonchev–Trinajstić information content (AvgIpc) is 2.45. The summed E-state index contributed by atoms with van der Waals surface area (Å²) in [5.41, 5.74) is -5.30. The van der Waals surface area contributed by atoms with Crippen LogP contribution >= 0.6 is 0 Å². The van der Waals surface area contributed by atoms with Crippen LogP contribution in [-0.4, -0.2) is 16.2 Å². The number of nitro groups is 1. The Morgan fingerprint density at radius 1 is 1.00 bits per heavy atom. The predicted octanol–water partition coefficient (Wildman–Crippen LogP) is 3.70. The molecule has 2 aromatic rings. The Hall–Kier alpha value is -2.41. The lowest BCUT2D eigenvalue weighted by Gasteiger charge is -2.32. The van der Waals surface area contributed by atoms with Crippen LogP contribution in [0.5, 0.6) is 0 Å². The van der Waals surface area contributed by atoms with Crippen molar-refractivity contribution >= 4 is 5.69 Å². The van der Waals surface area contributed by atoms with Gasteiger partial charge < -0.3 is 5.11 Å². The number of hydrogen-bond acceptors (Lipinski definition) is 3. The maximum absolute atomic E-state index is 13.6. The van der Waals surface area contributed by atoms with E-state index < -0.39 is 33.5 Å². The number of hydrogen-bond donors (Lipinski definition) is 1. The smallest absolute Gasteiger partial charge is 0.372 e. The van der Waals surface area contributed by atoms with Gasteiger partial charge in [-0.15, -0.1) is 0 Å². The van der Waals surface area contributed by atoms with Crippen LogP contribution in [0, 0.1) is 17.0 Å². The minimum absolute atomic E-state index is 0.181. The third kappa shape index (κ3) is 2.43. The highest BCUT2D eigenvalue weighted by atomic mass is 19.4. The van der Waals surface area contributed by atoms with Crippen LogP contribution in [0.15, 0.2) is 48.5 Å². The Kier molecular flexibility index (Phi) is 3.93. The van der Waals surface area contributed by atoms with Crippen LogP contribution in [0.4, 0.5) is 18.9 Å². The van der Waals surface area contributed by atoms with Crippen molar-refractivity contribution in [2.75, 3.05) is 0 Å². The van der Waals surface area contributed by atoms with E-state index in [1.807, 2.05) is 0 Å². The number of aliphatic hydroxyl groups is 1. The SMILES string of the molecule is Cc1ccccc1C(O)(c1ccccc1[N+](=O)[O-])C(F)(F)F. The van der Waals surface area contributed by atoms with E-state index in [4.69, 9.17) is 0 Å². The molecule has 0 spiro atoms. The molecule has 0 aliphatic rings. The first kappa shape index (κ1) is 16.0. The highest BCUT2D eigenvalue weighted by Gasteiger charge is 2.59. The molecule has 22 heavy (non-hydrogen) atoms. The zero-order chi connectivity index (χ0) is 16.5. The zero-order valence-corrected chi connectivity index (χ0v) is 11.5. The van der Waals surface area contributed by atoms with Gasteiger partial charge >= 0.3 is 6.18 Å². The molecule has 0 bridgehead atoms. The van der Waals surface area contributed by atoms with E-state index in [1.54, 1.807) is 0 Å². The van der Waals surface area contributed by atoms with Gasteiger partial charge in [-0.25, -0.2) is 0 Å². The van der Waals surface area contributed by atoms with E-state index in [-0.39, 0.29) is 5.56 Å². The van der Waals surface area contributed by atoms with Gasteiger partial charge in [-0.05, 0) is 18.6 Å². The summed E-state index contributed by atoms with van der Waals surface area (Å²) >= 11 is 0. The fraction of sp³-hybridized carbons (Fsp3) is 0.200. The van der Waals surface area contributed by atoms with Crippen LogP contribution < -0.4 is 0 Å². The molecular weight excluding hydrogens is 299 g/mol. The number of benzene rings is 2. The standard InChI is InChI=1S/C15H12F3NO3/c1-10-6-2-3-7-11(10)14(20,15(16,17)18)12-8-4-5-9-13(12)19(21)22/h2-9,20H,1H3. The van der Waals surface area contributed by atoms with Crippen molar-refractivity contribution < 1.29 is 23.2 Å². The van der Waals surface area contributed by atoms with Gasteiger partial charge in [0.05, 0.1) is 10.5 Å². The van der Waals surface area contributed by atoms with Gasteiger partial charge in [-0.1, -0.05) is 36.4 Å². The minimum atomic E-state index is -5.12. The molecule has 2 rings (SSSR count). The summed E-state index contributed by atoms with van der Waals surface area (Å²) in [6, 6.07) is 9.69. The van der Waals surface area contributed by atoms with Crippen molar-refractivity contribution in [3.05, 3.63) is 75.3 Å². The van der Waals surface area contributed by atoms with E-state index in [2.05, 4.69) is 0 Å². The Bertz CT molecular complexity index is 715. The number of nitrogens with zero attached hydrogens (tertiary/aromatic N) is 1. The predicted molar refractivity (Wildman–Crippen MR) is 73.3 cm³/mol. The second kappa shape index (κ2) is 5.42. The molecule has 4 nitrogen and oxygen atoms in total. The van der Waals surface area contributed by atoms with Crippen molar-refractivity contribution in [1.82, 2.24) is 0 Å². The van der Waals surface area contributed by atoms with Gasteiger partial charge in [0, 0.05) is 11.6 Å². The van der Waals surface area contributed by atoms with Crippen molar-refractivity contribution in [1.29, 1.82) is 0 Å². The molecule has 0 saturated heterocycles. The summed E-state index contributed by atoms with van der Waals surface area (Å²) in [5.74, 6) is 0. The quantitative estimate of drug-likeness (QED) is 0.694. The van der Waals surface area contributed by atoms with Gasteiger partial charge in [-0.2, -0.15) is 13.2 Å². The van der Waals surface area contributed by atoms with Gasteiger partial charge in [0.2, 0.25) is 5.60 Å². The molecule has 1 atom stereocenters. The lowest BCUT2D eigenvalue weighted by molar-refractivity contribution is -0.388. The fourth-order valence-corrected chi connectivity index (χ4v) is 2.37. The average molecular weight is 311 g/mol. The zero-order valence-electron chi connectivity index (χ0n) is 11.5. The number of alkyl halides is 3. The Balaban J connectivity index is 2.84. The molecule has 0 aromatic heterocycles. The third-order valence-corrected chi connectivity index (χ3v) is 3.44. The van der Waals surface area contributed by atoms with E-state index in [1.165, 1.54) is 37.3 Å². The van der Waals surface area contributed by atoms with Crippen LogP contribution in [0.2, 0.25) is 0 Å². The molecule has 2 aromatic carbocycles. The second-order valence-electron chi connectivity index (χ2n) is 4.80. The van der Waals surface area contributed by atoms with Crippen LogP contribution in [-0.2, 0) is 5.60 Å². The maximum Gasteiger partial charge on any atom is 0.426 e. The van der Waals surface area contributed by atoms with Gasteiger partial charge in [0.25, 0.3) is 5.69 Å². The Morgan fingerprint density at radius 3 is 2.00 bits per heavy atom. The number of nitro benzene ring substituents is 1. The minimum Gasteiger partial charge on any atom is -0.372 e. The van der Waals surface area contributed by atoms with Gasteiger partial charge in [0.15, 0.2) is 0 Å². The van der Waals surface area contributed by atoms with Gasteiger partial charge in [-0.3, -0.25) is 10.1 Å². The first-order valence-corrected chi connectivity index (χ1v) is 6.28. The molecule has 0 aliphatic carbocycles. The Labute approximate surface area is 124 Å². The fourth-order valence-electron chi connectivity index (χ4n) is 2.37. The molecule has 0 aliphatic heterocycles. The highest BCUT2D eigenvalue weighted by Crippen LogP contribution is 2.47. The molecule has 0 fully saturated rings. The summed E-state index contributed by atoms with van der Waals surface area (Å²) < 4.78 is 40.9. The summed E-state index contributed by atoms with van der Waals surface area (Å²) in [6.07, 6.45) is -5.12.